The van der Waals surface area contributed by atoms with Gasteiger partial charge in [-0.3, -0.25) is 0 Å². The molecule has 2 rings (SSSR count). The number of nitrogens with one attached hydrogen (secondary N) is 2. The minimum Gasteiger partial charge on any atom is -0.381 e. The van der Waals surface area contributed by atoms with E-state index in [9.17, 15) is 0 Å². The smallest absolute Gasteiger partial charge is 0.0468 e. The van der Waals surface area contributed by atoms with E-state index in [2.05, 4.69) is 31.5 Å². The summed E-state index contributed by atoms with van der Waals surface area (Å²) in [6.07, 6.45) is 5.24. The Bertz CT molecular complexity index is 255. The molecular formula is C15H30N2O. The SMILES string of the molecule is CNCC1(CNCC(C)(C)C2CCOCC2)CC1. The first-order valence-corrected chi connectivity index (χ1v) is 7.51. The van der Waals surface area contributed by atoms with E-state index in [4.69, 9.17) is 4.74 Å². The van der Waals surface area contributed by atoms with E-state index in [0.717, 1.165) is 32.2 Å². The number of rotatable bonds is 7. The van der Waals surface area contributed by atoms with Gasteiger partial charge in [0.2, 0.25) is 0 Å². The monoisotopic (exact) mass is 254 g/mol. The first kappa shape index (κ1) is 14.3. The zero-order valence-corrected chi connectivity index (χ0v) is 12.3. The predicted octanol–water partition coefficient (Wildman–Crippen LogP) is 2.03. The Balaban J connectivity index is 1.71. The van der Waals surface area contributed by atoms with Crippen LogP contribution in [0, 0.1) is 16.7 Å². The fourth-order valence-electron chi connectivity index (χ4n) is 3.24. The van der Waals surface area contributed by atoms with Gasteiger partial charge in [0.25, 0.3) is 0 Å². The maximum Gasteiger partial charge on any atom is 0.0468 e. The van der Waals surface area contributed by atoms with E-state index in [1.807, 2.05) is 0 Å². The molecule has 1 saturated heterocycles. The van der Waals surface area contributed by atoms with Crippen LogP contribution in [0.2, 0.25) is 0 Å². The van der Waals surface area contributed by atoms with Gasteiger partial charge < -0.3 is 15.4 Å². The molecule has 0 bridgehead atoms. The molecule has 0 radical (unpaired) electrons. The van der Waals surface area contributed by atoms with Crippen LogP contribution in [0.1, 0.15) is 39.5 Å². The van der Waals surface area contributed by atoms with E-state index in [1.165, 1.54) is 32.2 Å². The molecule has 0 unspecified atom stereocenters. The fraction of sp³-hybridized carbons (Fsp3) is 1.00. The molecule has 1 aliphatic carbocycles. The van der Waals surface area contributed by atoms with Gasteiger partial charge in [-0.25, -0.2) is 0 Å². The van der Waals surface area contributed by atoms with Crippen LogP contribution >= 0.6 is 0 Å². The summed E-state index contributed by atoms with van der Waals surface area (Å²) in [5.41, 5.74) is 0.972. The maximum absolute atomic E-state index is 5.47. The molecular weight excluding hydrogens is 224 g/mol. The molecule has 0 aromatic rings. The Morgan fingerprint density at radius 2 is 1.83 bits per heavy atom. The molecule has 0 aromatic heterocycles. The first-order valence-electron chi connectivity index (χ1n) is 7.51. The first-order chi connectivity index (χ1) is 8.58. The maximum atomic E-state index is 5.47. The third-order valence-electron chi connectivity index (χ3n) is 4.92. The van der Waals surface area contributed by atoms with Crippen molar-refractivity contribution in [1.82, 2.24) is 10.6 Å². The summed E-state index contributed by atoms with van der Waals surface area (Å²) in [6, 6.07) is 0. The summed E-state index contributed by atoms with van der Waals surface area (Å²) >= 11 is 0. The molecule has 1 aliphatic heterocycles. The third kappa shape index (κ3) is 3.69. The van der Waals surface area contributed by atoms with Crippen molar-refractivity contribution in [1.29, 1.82) is 0 Å². The minimum absolute atomic E-state index is 0.402. The Hall–Kier alpha value is -0.120. The molecule has 1 saturated carbocycles. The van der Waals surface area contributed by atoms with Gasteiger partial charge in [-0.05, 0) is 49.5 Å². The second-order valence-corrected chi connectivity index (χ2v) is 7.01. The van der Waals surface area contributed by atoms with Crippen LogP contribution in [-0.2, 0) is 4.74 Å². The lowest BCUT2D eigenvalue weighted by Crippen LogP contribution is -2.41. The van der Waals surface area contributed by atoms with Gasteiger partial charge in [-0.2, -0.15) is 0 Å². The van der Waals surface area contributed by atoms with Crippen LogP contribution in [0.25, 0.3) is 0 Å². The second kappa shape index (κ2) is 5.89. The molecule has 0 atom stereocenters. The summed E-state index contributed by atoms with van der Waals surface area (Å²) in [7, 11) is 2.06. The summed E-state index contributed by atoms with van der Waals surface area (Å²) in [5, 5.41) is 7.05. The summed E-state index contributed by atoms with van der Waals surface area (Å²) < 4.78 is 5.47. The lowest BCUT2D eigenvalue weighted by Gasteiger charge is -2.37. The lowest BCUT2D eigenvalue weighted by atomic mass is 9.74. The van der Waals surface area contributed by atoms with Gasteiger partial charge in [0.15, 0.2) is 0 Å². The Kier molecular flexibility index (Phi) is 4.68. The van der Waals surface area contributed by atoms with Gasteiger partial charge in [-0.1, -0.05) is 13.8 Å². The highest BCUT2D eigenvalue weighted by molar-refractivity contribution is 4.97. The molecule has 3 heteroatoms. The topological polar surface area (TPSA) is 33.3 Å². The summed E-state index contributed by atoms with van der Waals surface area (Å²) in [4.78, 5) is 0. The van der Waals surface area contributed by atoms with Crippen molar-refractivity contribution in [2.75, 3.05) is 39.9 Å². The molecule has 2 N–H and O–H groups in total. The molecule has 2 aliphatic rings. The van der Waals surface area contributed by atoms with E-state index in [1.54, 1.807) is 0 Å². The second-order valence-electron chi connectivity index (χ2n) is 7.01. The molecule has 0 amide bonds. The van der Waals surface area contributed by atoms with E-state index < -0.39 is 0 Å². The van der Waals surface area contributed by atoms with E-state index >= 15 is 0 Å². The van der Waals surface area contributed by atoms with Crippen LogP contribution in [-0.4, -0.2) is 39.9 Å². The Morgan fingerprint density at radius 3 is 2.39 bits per heavy atom. The molecule has 106 valence electrons. The fourth-order valence-corrected chi connectivity index (χ4v) is 3.24. The van der Waals surface area contributed by atoms with E-state index in [0.29, 0.717) is 10.8 Å². The van der Waals surface area contributed by atoms with Gasteiger partial charge in [-0.15, -0.1) is 0 Å². The van der Waals surface area contributed by atoms with Crippen LogP contribution in [0.3, 0.4) is 0 Å². The van der Waals surface area contributed by atoms with Gasteiger partial charge in [0, 0.05) is 32.8 Å². The normalized spacial score (nSPS) is 24.2. The van der Waals surface area contributed by atoms with Crippen LogP contribution in [0.4, 0.5) is 0 Å². The van der Waals surface area contributed by atoms with Crippen molar-refractivity contribution >= 4 is 0 Å². The highest BCUT2D eigenvalue weighted by Crippen LogP contribution is 2.44. The standard InChI is InChI=1S/C15H30N2O/c1-14(2,13-4-8-18-9-5-13)10-17-12-15(6-7-15)11-16-3/h13,16-17H,4-12H2,1-3H3. The zero-order valence-electron chi connectivity index (χ0n) is 12.3. The quantitative estimate of drug-likeness (QED) is 0.729. The van der Waals surface area contributed by atoms with Gasteiger partial charge in [0.05, 0.1) is 0 Å². The molecule has 3 nitrogen and oxygen atoms in total. The zero-order chi connectivity index (χ0) is 13.1. The molecule has 0 aromatic carbocycles. The highest BCUT2D eigenvalue weighted by Gasteiger charge is 2.41. The molecule has 2 fully saturated rings. The largest absolute Gasteiger partial charge is 0.381 e. The van der Waals surface area contributed by atoms with Crippen molar-refractivity contribution in [2.45, 2.75) is 39.5 Å². The third-order valence-corrected chi connectivity index (χ3v) is 4.92. The Labute approximate surface area is 112 Å². The van der Waals surface area contributed by atoms with Crippen molar-refractivity contribution in [2.24, 2.45) is 16.7 Å². The van der Waals surface area contributed by atoms with Crippen LogP contribution < -0.4 is 10.6 Å². The van der Waals surface area contributed by atoms with Crippen molar-refractivity contribution in [3.63, 3.8) is 0 Å². The van der Waals surface area contributed by atoms with Crippen molar-refractivity contribution in [3.05, 3.63) is 0 Å². The Morgan fingerprint density at radius 1 is 1.17 bits per heavy atom. The molecule has 0 spiro atoms. The van der Waals surface area contributed by atoms with Gasteiger partial charge >= 0.3 is 0 Å². The highest BCUT2D eigenvalue weighted by atomic mass is 16.5. The van der Waals surface area contributed by atoms with Crippen LogP contribution in [0.15, 0.2) is 0 Å². The predicted molar refractivity (Wildman–Crippen MR) is 75.8 cm³/mol. The molecule has 18 heavy (non-hydrogen) atoms. The lowest BCUT2D eigenvalue weighted by molar-refractivity contribution is 0.0225. The van der Waals surface area contributed by atoms with Gasteiger partial charge in [0.1, 0.15) is 0 Å². The van der Waals surface area contributed by atoms with Crippen molar-refractivity contribution < 1.29 is 4.74 Å². The van der Waals surface area contributed by atoms with E-state index in [-0.39, 0.29) is 0 Å². The molecule has 1 heterocycles. The average molecular weight is 254 g/mol. The minimum atomic E-state index is 0.402. The van der Waals surface area contributed by atoms with Crippen molar-refractivity contribution in [3.8, 4) is 0 Å². The number of hydrogen-bond donors (Lipinski definition) is 2. The average Bonchev–Trinajstić information content (AvgIpc) is 3.11. The summed E-state index contributed by atoms with van der Waals surface area (Å²) in [6.45, 7) is 10.2. The summed E-state index contributed by atoms with van der Waals surface area (Å²) in [5.74, 6) is 0.818. The number of hydrogen-bond acceptors (Lipinski definition) is 3. The van der Waals surface area contributed by atoms with Crippen LogP contribution in [0.5, 0.6) is 0 Å². The number of ether oxygens (including phenoxy) is 1.